The quantitative estimate of drug-likeness (QED) is 0.828. The van der Waals surface area contributed by atoms with Gasteiger partial charge in [-0.05, 0) is 71.6 Å². The highest BCUT2D eigenvalue weighted by molar-refractivity contribution is 5.68. The van der Waals surface area contributed by atoms with Crippen molar-refractivity contribution in [1.82, 2.24) is 10.2 Å². The summed E-state index contributed by atoms with van der Waals surface area (Å²) in [5.74, 6) is 1.64. The Morgan fingerprint density at radius 2 is 1.78 bits per heavy atom. The van der Waals surface area contributed by atoms with E-state index in [2.05, 4.69) is 26.1 Å². The van der Waals surface area contributed by atoms with Gasteiger partial charge in [0, 0.05) is 24.7 Å². The van der Waals surface area contributed by atoms with Gasteiger partial charge in [0.05, 0.1) is 0 Å². The summed E-state index contributed by atoms with van der Waals surface area (Å²) < 4.78 is 5.58. The molecule has 0 aromatic carbocycles. The number of nitrogens with zero attached hydrogens (tertiary/aromatic N) is 1. The molecule has 4 nitrogen and oxygen atoms in total. The van der Waals surface area contributed by atoms with Crippen molar-refractivity contribution in [3.05, 3.63) is 0 Å². The number of hydrogen-bond donors (Lipinski definition) is 1. The maximum absolute atomic E-state index is 12.4. The second kappa shape index (κ2) is 7.42. The molecular formula is C19H36N2O2. The summed E-state index contributed by atoms with van der Waals surface area (Å²) in [6.07, 6.45) is 5.89. The van der Waals surface area contributed by atoms with Gasteiger partial charge in [-0.25, -0.2) is 4.79 Å². The van der Waals surface area contributed by atoms with E-state index in [0.29, 0.717) is 12.1 Å². The van der Waals surface area contributed by atoms with Crippen LogP contribution in [0.2, 0.25) is 0 Å². The first-order valence-corrected chi connectivity index (χ1v) is 9.43. The highest BCUT2D eigenvalue weighted by Crippen LogP contribution is 2.30. The van der Waals surface area contributed by atoms with Crippen LogP contribution < -0.4 is 5.32 Å². The van der Waals surface area contributed by atoms with E-state index in [1.807, 2.05) is 25.7 Å². The molecule has 5 unspecified atom stereocenters. The van der Waals surface area contributed by atoms with Crippen molar-refractivity contribution in [2.45, 2.75) is 97.4 Å². The molecule has 0 aromatic heterocycles. The molecule has 134 valence electrons. The molecule has 1 N–H and O–H groups in total. The first kappa shape index (κ1) is 18.6. The molecule has 1 aliphatic carbocycles. The van der Waals surface area contributed by atoms with E-state index < -0.39 is 5.60 Å². The SMILES string of the molecule is CC1CCC(NC2CCCN(C(=O)OC(C)(C)C)C2C)CC1C. The topological polar surface area (TPSA) is 41.6 Å². The van der Waals surface area contributed by atoms with Gasteiger partial charge in [0.25, 0.3) is 0 Å². The first-order chi connectivity index (χ1) is 10.7. The van der Waals surface area contributed by atoms with Crippen LogP contribution in [0.25, 0.3) is 0 Å². The normalized spacial score (nSPS) is 35.9. The van der Waals surface area contributed by atoms with E-state index in [1.54, 1.807) is 0 Å². The molecule has 2 aliphatic rings. The Hall–Kier alpha value is -0.770. The van der Waals surface area contributed by atoms with Gasteiger partial charge in [-0.1, -0.05) is 13.8 Å². The van der Waals surface area contributed by atoms with Crippen LogP contribution >= 0.6 is 0 Å². The zero-order chi connectivity index (χ0) is 17.2. The average Bonchev–Trinajstić information content (AvgIpc) is 2.43. The van der Waals surface area contributed by atoms with Crippen LogP contribution in [0.3, 0.4) is 0 Å². The number of ether oxygens (including phenoxy) is 1. The van der Waals surface area contributed by atoms with Gasteiger partial charge in [0.1, 0.15) is 5.60 Å². The molecule has 4 heteroatoms. The van der Waals surface area contributed by atoms with Crippen molar-refractivity contribution in [2.75, 3.05) is 6.54 Å². The molecule has 1 saturated carbocycles. The third-order valence-corrected chi connectivity index (χ3v) is 5.66. The van der Waals surface area contributed by atoms with Crippen LogP contribution in [0.5, 0.6) is 0 Å². The maximum Gasteiger partial charge on any atom is 0.410 e. The molecular weight excluding hydrogens is 288 g/mol. The fourth-order valence-electron chi connectivity index (χ4n) is 3.95. The third kappa shape index (κ3) is 5.10. The van der Waals surface area contributed by atoms with Crippen LogP contribution in [-0.2, 0) is 4.74 Å². The van der Waals surface area contributed by atoms with Crippen molar-refractivity contribution in [1.29, 1.82) is 0 Å². The Labute approximate surface area is 142 Å². The summed E-state index contributed by atoms with van der Waals surface area (Å²) in [6, 6.07) is 1.20. The minimum absolute atomic E-state index is 0.165. The lowest BCUT2D eigenvalue weighted by Gasteiger charge is -2.43. The Balaban J connectivity index is 1.91. The van der Waals surface area contributed by atoms with E-state index in [4.69, 9.17) is 4.74 Å². The number of carbonyl (C=O) groups excluding carboxylic acids is 1. The van der Waals surface area contributed by atoms with Crippen molar-refractivity contribution < 1.29 is 9.53 Å². The number of hydrogen-bond acceptors (Lipinski definition) is 3. The smallest absolute Gasteiger partial charge is 0.410 e. The number of carbonyl (C=O) groups is 1. The minimum Gasteiger partial charge on any atom is -0.444 e. The number of likely N-dealkylation sites (tertiary alicyclic amines) is 1. The van der Waals surface area contributed by atoms with E-state index in [0.717, 1.165) is 31.2 Å². The molecule has 2 fully saturated rings. The fourth-order valence-corrected chi connectivity index (χ4v) is 3.95. The molecule has 1 heterocycles. The monoisotopic (exact) mass is 324 g/mol. The molecule has 1 aliphatic heterocycles. The number of rotatable bonds is 2. The van der Waals surface area contributed by atoms with Crippen molar-refractivity contribution >= 4 is 6.09 Å². The van der Waals surface area contributed by atoms with Gasteiger partial charge in [0.2, 0.25) is 0 Å². The molecule has 0 spiro atoms. The number of amides is 1. The standard InChI is InChI=1S/C19H36N2O2/c1-13-9-10-16(12-14(13)2)20-17-8-7-11-21(15(17)3)18(22)23-19(4,5)6/h13-17,20H,7-12H2,1-6H3. The predicted octanol–water partition coefficient (Wildman–Crippen LogP) is 4.19. The maximum atomic E-state index is 12.4. The van der Waals surface area contributed by atoms with Crippen molar-refractivity contribution in [2.24, 2.45) is 11.8 Å². The van der Waals surface area contributed by atoms with Crippen LogP contribution in [0.1, 0.15) is 73.6 Å². The third-order valence-electron chi connectivity index (χ3n) is 5.66. The van der Waals surface area contributed by atoms with Crippen molar-refractivity contribution in [3.8, 4) is 0 Å². The molecule has 5 atom stereocenters. The van der Waals surface area contributed by atoms with Crippen LogP contribution in [0.4, 0.5) is 4.79 Å². The number of nitrogens with one attached hydrogen (secondary N) is 1. The second-order valence-electron chi connectivity index (χ2n) is 8.79. The molecule has 0 aromatic rings. The molecule has 1 amide bonds. The van der Waals surface area contributed by atoms with E-state index in [1.165, 1.54) is 19.3 Å². The zero-order valence-corrected chi connectivity index (χ0v) is 15.9. The van der Waals surface area contributed by atoms with Gasteiger partial charge in [0.15, 0.2) is 0 Å². The fraction of sp³-hybridized carbons (Fsp3) is 0.947. The Bertz CT molecular complexity index is 405. The summed E-state index contributed by atoms with van der Waals surface area (Å²) in [6.45, 7) is 13.5. The Kier molecular flexibility index (Phi) is 5.99. The lowest BCUT2D eigenvalue weighted by molar-refractivity contribution is 0.00554. The van der Waals surface area contributed by atoms with E-state index in [-0.39, 0.29) is 12.1 Å². The largest absolute Gasteiger partial charge is 0.444 e. The van der Waals surface area contributed by atoms with Gasteiger partial charge in [-0.15, -0.1) is 0 Å². The lowest BCUT2D eigenvalue weighted by atomic mass is 9.78. The second-order valence-corrected chi connectivity index (χ2v) is 8.79. The highest BCUT2D eigenvalue weighted by atomic mass is 16.6. The van der Waals surface area contributed by atoms with Crippen LogP contribution in [0, 0.1) is 11.8 Å². The van der Waals surface area contributed by atoms with Gasteiger partial charge in [-0.3, -0.25) is 0 Å². The molecule has 1 saturated heterocycles. The van der Waals surface area contributed by atoms with E-state index in [9.17, 15) is 4.79 Å². The molecule has 23 heavy (non-hydrogen) atoms. The summed E-state index contributed by atoms with van der Waals surface area (Å²) >= 11 is 0. The number of piperidine rings is 1. The zero-order valence-electron chi connectivity index (χ0n) is 15.9. The molecule has 2 rings (SSSR count). The van der Waals surface area contributed by atoms with Gasteiger partial charge in [-0.2, -0.15) is 0 Å². The predicted molar refractivity (Wildman–Crippen MR) is 94.5 cm³/mol. The first-order valence-electron chi connectivity index (χ1n) is 9.43. The lowest BCUT2D eigenvalue weighted by Crippen LogP contribution is -2.57. The molecule has 0 radical (unpaired) electrons. The Morgan fingerprint density at radius 3 is 2.39 bits per heavy atom. The van der Waals surface area contributed by atoms with Crippen LogP contribution in [-0.4, -0.2) is 41.3 Å². The highest BCUT2D eigenvalue weighted by Gasteiger charge is 2.35. The Morgan fingerprint density at radius 1 is 1.09 bits per heavy atom. The van der Waals surface area contributed by atoms with Gasteiger partial charge < -0.3 is 15.0 Å². The summed E-state index contributed by atoms with van der Waals surface area (Å²) in [7, 11) is 0. The summed E-state index contributed by atoms with van der Waals surface area (Å²) in [5.41, 5.74) is -0.424. The summed E-state index contributed by atoms with van der Waals surface area (Å²) in [5, 5.41) is 3.86. The van der Waals surface area contributed by atoms with Gasteiger partial charge >= 0.3 is 6.09 Å². The van der Waals surface area contributed by atoms with Crippen molar-refractivity contribution in [3.63, 3.8) is 0 Å². The summed E-state index contributed by atoms with van der Waals surface area (Å²) in [4.78, 5) is 14.4. The average molecular weight is 325 g/mol. The van der Waals surface area contributed by atoms with Crippen LogP contribution in [0.15, 0.2) is 0 Å². The molecule has 0 bridgehead atoms. The minimum atomic E-state index is -0.424. The van der Waals surface area contributed by atoms with E-state index >= 15 is 0 Å².